The number of nitrogens with zero attached hydrogens (tertiary/aromatic N) is 5. The van der Waals surface area contributed by atoms with Crippen LogP contribution in [0.15, 0.2) is 48.0 Å². The fourth-order valence-electron chi connectivity index (χ4n) is 5.03. The second-order valence-electron chi connectivity index (χ2n) is 9.11. The van der Waals surface area contributed by atoms with Crippen LogP contribution in [0.3, 0.4) is 0 Å². The summed E-state index contributed by atoms with van der Waals surface area (Å²) in [4.78, 5) is 13.0. The van der Waals surface area contributed by atoms with Crippen molar-refractivity contribution in [1.29, 1.82) is 0 Å². The van der Waals surface area contributed by atoms with Crippen LogP contribution in [-0.4, -0.2) is 63.5 Å². The SMILES string of the molecule is CN1C(c2cnccn2)=NNC1SCCCN1CC[C@]2(C[C@@H]2c2ccc(C(F)(F)F)cc2)C1. The largest absolute Gasteiger partial charge is 0.416 e. The molecule has 0 radical (unpaired) electrons. The predicted octanol–water partition coefficient (Wildman–Crippen LogP) is 3.98. The molecule has 1 aliphatic carbocycles. The van der Waals surface area contributed by atoms with Crippen LogP contribution >= 0.6 is 11.8 Å². The molecule has 0 bridgehead atoms. The minimum Gasteiger partial charge on any atom is -0.326 e. The number of alkyl halides is 3. The highest BCUT2D eigenvalue weighted by Crippen LogP contribution is 2.64. The number of hydrogen-bond donors (Lipinski definition) is 1. The van der Waals surface area contributed by atoms with E-state index >= 15 is 0 Å². The van der Waals surface area contributed by atoms with E-state index in [0.29, 0.717) is 5.92 Å². The molecule has 2 aliphatic heterocycles. The summed E-state index contributed by atoms with van der Waals surface area (Å²) in [6, 6.07) is 5.78. The van der Waals surface area contributed by atoms with Gasteiger partial charge in [-0.1, -0.05) is 12.1 Å². The Balaban J connectivity index is 1.04. The molecule has 1 unspecified atom stereocenters. The van der Waals surface area contributed by atoms with E-state index in [2.05, 4.69) is 30.3 Å². The number of likely N-dealkylation sites (tertiary alicyclic amines) is 1. The lowest BCUT2D eigenvalue weighted by molar-refractivity contribution is -0.137. The summed E-state index contributed by atoms with van der Waals surface area (Å²) in [6.07, 6.45) is 4.05. The van der Waals surface area contributed by atoms with Crippen molar-refractivity contribution in [2.24, 2.45) is 10.5 Å². The molecule has 1 saturated carbocycles. The van der Waals surface area contributed by atoms with E-state index in [0.717, 1.165) is 61.7 Å². The second-order valence-corrected chi connectivity index (χ2v) is 10.3. The number of benzene rings is 1. The van der Waals surface area contributed by atoms with Gasteiger partial charge in [0.2, 0.25) is 0 Å². The summed E-state index contributed by atoms with van der Waals surface area (Å²) in [5.74, 6) is 2.20. The van der Waals surface area contributed by atoms with Gasteiger partial charge in [-0.15, -0.1) is 11.8 Å². The van der Waals surface area contributed by atoms with Gasteiger partial charge in [-0.05, 0) is 67.1 Å². The Bertz CT molecular complexity index is 1000. The van der Waals surface area contributed by atoms with E-state index < -0.39 is 11.7 Å². The van der Waals surface area contributed by atoms with Gasteiger partial charge < -0.3 is 9.80 Å². The number of rotatable bonds is 7. The zero-order chi connectivity index (χ0) is 23.1. The van der Waals surface area contributed by atoms with Crippen molar-refractivity contribution in [2.45, 2.75) is 36.9 Å². The van der Waals surface area contributed by atoms with Crippen LogP contribution in [0.4, 0.5) is 13.2 Å². The van der Waals surface area contributed by atoms with Gasteiger partial charge in [0.1, 0.15) is 5.69 Å². The second kappa shape index (κ2) is 8.79. The maximum absolute atomic E-state index is 12.8. The number of nitrogens with one attached hydrogen (secondary N) is 1. The maximum Gasteiger partial charge on any atom is 0.416 e. The Morgan fingerprint density at radius 1 is 1.21 bits per heavy atom. The molecule has 2 aromatic rings. The number of halogens is 3. The van der Waals surface area contributed by atoms with Crippen LogP contribution in [0.5, 0.6) is 0 Å². The smallest absolute Gasteiger partial charge is 0.326 e. The lowest BCUT2D eigenvalue weighted by Crippen LogP contribution is -2.35. The van der Waals surface area contributed by atoms with E-state index in [1.165, 1.54) is 12.1 Å². The Hall–Kier alpha value is -2.33. The van der Waals surface area contributed by atoms with Crippen molar-refractivity contribution in [3.05, 3.63) is 59.7 Å². The van der Waals surface area contributed by atoms with Gasteiger partial charge in [0.25, 0.3) is 0 Å². The van der Waals surface area contributed by atoms with Crippen LogP contribution in [0, 0.1) is 5.41 Å². The molecule has 1 aromatic heterocycles. The van der Waals surface area contributed by atoms with E-state index in [9.17, 15) is 13.2 Å². The highest BCUT2D eigenvalue weighted by molar-refractivity contribution is 7.99. The third-order valence-electron chi connectivity index (χ3n) is 6.95. The van der Waals surface area contributed by atoms with E-state index in [-0.39, 0.29) is 10.9 Å². The van der Waals surface area contributed by atoms with Crippen molar-refractivity contribution in [2.75, 3.05) is 32.4 Å². The molecule has 1 saturated heterocycles. The fraction of sp³-hybridized carbons (Fsp3) is 0.522. The lowest BCUT2D eigenvalue weighted by Gasteiger charge is -2.22. The van der Waals surface area contributed by atoms with Crippen molar-refractivity contribution < 1.29 is 13.2 Å². The molecule has 10 heteroatoms. The number of aromatic nitrogens is 2. The Kier molecular flexibility index (Phi) is 5.98. The minimum atomic E-state index is -4.27. The third-order valence-corrected chi connectivity index (χ3v) is 8.21. The van der Waals surface area contributed by atoms with Crippen molar-refractivity contribution >= 4 is 17.6 Å². The highest BCUT2D eigenvalue weighted by atomic mass is 32.2. The molecule has 3 aliphatic rings. The van der Waals surface area contributed by atoms with Gasteiger partial charge in [0.05, 0.1) is 11.8 Å². The molecule has 1 aromatic carbocycles. The minimum absolute atomic E-state index is 0.0828. The average molecular weight is 477 g/mol. The molecular weight excluding hydrogens is 449 g/mol. The summed E-state index contributed by atoms with van der Waals surface area (Å²) >= 11 is 1.82. The molecule has 3 heterocycles. The molecule has 6 nitrogen and oxygen atoms in total. The van der Waals surface area contributed by atoms with Gasteiger partial charge >= 0.3 is 6.18 Å². The first kappa shape index (κ1) is 22.5. The first-order valence-electron chi connectivity index (χ1n) is 11.2. The monoisotopic (exact) mass is 476 g/mol. The van der Waals surface area contributed by atoms with Crippen molar-refractivity contribution in [3.8, 4) is 0 Å². The van der Waals surface area contributed by atoms with Gasteiger partial charge in [-0.2, -0.15) is 18.3 Å². The summed E-state index contributed by atoms with van der Waals surface area (Å²) in [5.41, 5.74) is 4.75. The topological polar surface area (TPSA) is 56.7 Å². The van der Waals surface area contributed by atoms with Crippen LogP contribution < -0.4 is 5.43 Å². The fourth-order valence-corrected chi connectivity index (χ4v) is 6.00. The molecule has 176 valence electrons. The molecule has 0 amide bonds. The van der Waals surface area contributed by atoms with E-state index in [4.69, 9.17) is 0 Å². The Labute approximate surface area is 195 Å². The molecule has 1 N–H and O–H groups in total. The van der Waals surface area contributed by atoms with Gasteiger partial charge in [0, 0.05) is 26.0 Å². The van der Waals surface area contributed by atoms with Crippen LogP contribution in [-0.2, 0) is 6.18 Å². The van der Waals surface area contributed by atoms with Crippen LogP contribution in [0.1, 0.15) is 42.0 Å². The van der Waals surface area contributed by atoms with Gasteiger partial charge in [-0.3, -0.25) is 10.4 Å². The van der Waals surface area contributed by atoms with Gasteiger partial charge in [-0.25, -0.2) is 4.98 Å². The van der Waals surface area contributed by atoms with E-state index in [1.54, 1.807) is 30.7 Å². The Morgan fingerprint density at radius 3 is 2.76 bits per heavy atom. The Morgan fingerprint density at radius 2 is 2.03 bits per heavy atom. The van der Waals surface area contributed by atoms with Crippen LogP contribution in [0.25, 0.3) is 0 Å². The standard InChI is InChI=1S/C23H27F3N6S/c1-31-20(19-14-27-8-9-28-19)29-30-21(31)33-12-2-10-32-11-7-22(15-32)13-18(22)16-3-5-17(6-4-16)23(24,25)26/h3-6,8-9,14,18,21,30H,2,7,10-13,15H2,1H3/t18-,21?,22+/m1/s1. The normalized spacial score (nSPS) is 27.2. The molecule has 1 spiro atoms. The maximum atomic E-state index is 12.8. The summed E-state index contributed by atoms with van der Waals surface area (Å²) in [7, 11) is 2.00. The highest BCUT2D eigenvalue weighted by Gasteiger charge is 2.57. The first-order valence-corrected chi connectivity index (χ1v) is 12.2. The third kappa shape index (κ3) is 4.68. The first-order chi connectivity index (χ1) is 15.9. The molecule has 33 heavy (non-hydrogen) atoms. The molecule has 2 fully saturated rings. The zero-order valence-corrected chi connectivity index (χ0v) is 19.2. The lowest BCUT2D eigenvalue weighted by atomic mass is 9.97. The molecule has 3 atom stereocenters. The number of hydrazone groups is 1. The summed E-state index contributed by atoms with van der Waals surface area (Å²) < 4.78 is 38.5. The number of amidine groups is 1. The zero-order valence-electron chi connectivity index (χ0n) is 18.4. The average Bonchev–Trinajstić information content (AvgIpc) is 3.15. The molecule has 5 rings (SSSR count). The van der Waals surface area contributed by atoms with Gasteiger partial charge in [0.15, 0.2) is 11.3 Å². The number of thioether (sulfide) groups is 1. The predicted molar refractivity (Wildman–Crippen MR) is 123 cm³/mol. The quantitative estimate of drug-likeness (QED) is 0.611. The van der Waals surface area contributed by atoms with E-state index in [1.807, 2.05) is 18.8 Å². The van der Waals surface area contributed by atoms with Crippen LogP contribution in [0.2, 0.25) is 0 Å². The number of hydrogen-bond acceptors (Lipinski definition) is 7. The van der Waals surface area contributed by atoms with Crippen molar-refractivity contribution in [1.82, 2.24) is 25.2 Å². The summed E-state index contributed by atoms with van der Waals surface area (Å²) in [5, 5.41) is 4.40. The molecular formula is C23H27F3N6S. The van der Waals surface area contributed by atoms with Crippen molar-refractivity contribution in [3.63, 3.8) is 0 Å². The summed E-state index contributed by atoms with van der Waals surface area (Å²) in [6.45, 7) is 3.16.